The van der Waals surface area contributed by atoms with Gasteiger partial charge in [0.2, 0.25) is 0 Å². The third-order valence-electron chi connectivity index (χ3n) is 12.8. The lowest BCUT2D eigenvalue weighted by molar-refractivity contribution is 0.660. The van der Waals surface area contributed by atoms with E-state index in [1.807, 2.05) is 17.4 Å². The van der Waals surface area contributed by atoms with Crippen LogP contribution in [0.4, 0.5) is 17.1 Å². The number of para-hydroxylation sites is 1. The smallest absolute Gasteiger partial charge is 0.159 e. The second-order valence-corrected chi connectivity index (χ2v) is 17.5. The van der Waals surface area contributed by atoms with Crippen LogP contribution in [0.25, 0.3) is 97.1 Å². The second-order valence-electron chi connectivity index (χ2n) is 16.4. The Labute approximate surface area is 344 Å². The lowest BCUT2D eigenvalue weighted by Crippen LogP contribution is -2.16. The van der Waals surface area contributed by atoms with Crippen molar-refractivity contribution in [3.05, 3.63) is 187 Å². The van der Waals surface area contributed by atoms with E-state index in [0.29, 0.717) is 0 Å². The van der Waals surface area contributed by atoms with Crippen LogP contribution >= 0.6 is 11.3 Å². The van der Waals surface area contributed by atoms with Gasteiger partial charge in [-0.2, -0.15) is 0 Å². The number of nitrogens with zero attached hydrogens (tertiary/aromatic N) is 1. The van der Waals surface area contributed by atoms with Crippen LogP contribution in [-0.4, -0.2) is 0 Å². The molecular formula is C55H35NO2S. The molecule has 9 aromatic carbocycles. The van der Waals surface area contributed by atoms with E-state index in [1.54, 1.807) is 0 Å². The van der Waals surface area contributed by atoms with E-state index in [1.165, 1.54) is 58.8 Å². The lowest BCUT2D eigenvalue weighted by Gasteiger charge is -2.29. The third kappa shape index (κ3) is 4.58. The van der Waals surface area contributed by atoms with Crippen molar-refractivity contribution in [2.75, 3.05) is 4.90 Å². The zero-order valence-electron chi connectivity index (χ0n) is 32.4. The molecule has 0 saturated carbocycles. The van der Waals surface area contributed by atoms with E-state index in [0.717, 1.165) is 66.5 Å². The summed E-state index contributed by atoms with van der Waals surface area (Å²) in [5, 5.41) is 9.20. The van der Waals surface area contributed by atoms with Crippen molar-refractivity contribution < 1.29 is 8.83 Å². The summed E-state index contributed by atoms with van der Waals surface area (Å²) in [6.45, 7) is 4.71. The maximum Gasteiger partial charge on any atom is 0.159 e. The quantitative estimate of drug-likeness (QED) is 0.178. The molecule has 4 heteroatoms. The maximum absolute atomic E-state index is 7.18. The first-order chi connectivity index (χ1) is 29.0. The summed E-state index contributed by atoms with van der Waals surface area (Å²) in [5.74, 6) is 0. The summed E-state index contributed by atoms with van der Waals surface area (Å²) in [5.41, 5.74) is 14.0. The minimum Gasteiger partial charge on any atom is -0.456 e. The maximum atomic E-state index is 7.18. The molecule has 0 spiro atoms. The van der Waals surface area contributed by atoms with Crippen molar-refractivity contribution in [1.82, 2.24) is 0 Å². The Morgan fingerprint density at radius 2 is 1.14 bits per heavy atom. The molecule has 3 heterocycles. The second kappa shape index (κ2) is 12.0. The fraction of sp³-hybridized carbons (Fsp3) is 0.0545. The van der Waals surface area contributed by atoms with Crippen LogP contribution in [0.2, 0.25) is 0 Å². The zero-order chi connectivity index (χ0) is 39.0. The number of rotatable bonds is 4. The first kappa shape index (κ1) is 32.9. The summed E-state index contributed by atoms with van der Waals surface area (Å²) >= 11 is 1.86. The van der Waals surface area contributed by atoms with Crippen molar-refractivity contribution in [2.45, 2.75) is 19.3 Å². The van der Waals surface area contributed by atoms with Crippen molar-refractivity contribution in [3.63, 3.8) is 0 Å². The Bertz CT molecular complexity index is 3720. The number of fused-ring (bicyclic) bond motifs is 14. The summed E-state index contributed by atoms with van der Waals surface area (Å²) < 4.78 is 16.2. The Hall–Kier alpha value is -7.14. The van der Waals surface area contributed by atoms with Gasteiger partial charge in [-0.15, -0.1) is 11.3 Å². The highest BCUT2D eigenvalue weighted by Gasteiger charge is 2.36. The molecule has 1 aliphatic rings. The molecule has 0 saturated heterocycles. The van der Waals surface area contributed by atoms with Gasteiger partial charge in [0, 0.05) is 58.2 Å². The molecule has 59 heavy (non-hydrogen) atoms. The minimum absolute atomic E-state index is 0.173. The van der Waals surface area contributed by atoms with Gasteiger partial charge >= 0.3 is 0 Å². The predicted octanol–water partition coefficient (Wildman–Crippen LogP) is 16.4. The molecule has 0 amide bonds. The van der Waals surface area contributed by atoms with E-state index in [-0.39, 0.29) is 5.41 Å². The summed E-state index contributed by atoms with van der Waals surface area (Å²) in [4.78, 5) is 2.45. The van der Waals surface area contributed by atoms with E-state index < -0.39 is 0 Å². The van der Waals surface area contributed by atoms with Crippen molar-refractivity contribution in [1.29, 1.82) is 0 Å². The normalized spacial score (nSPS) is 13.4. The highest BCUT2D eigenvalue weighted by atomic mass is 32.1. The first-order valence-electron chi connectivity index (χ1n) is 20.2. The number of hydrogen-bond acceptors (Lipinski definition) is 4. The molecule has 0 bridgehead atoms. The topological polar surface area (TPSA) is 29.5 Å². The van der Waals surface area contributed by atoms with Gasteiger partial charge < -0.3 is 13.7 Å². The Morgan fingerprint density at radius 1 is 0.458 bits per heavy atom. The number of hydrogen-bond donors (Lipinski definition) is 0. The van der Waals surface area contributed by atoms with Gasteiger partial charge in [-0.05, 0) is 93.4 Å². The average Bonchev–Trinajstić information content (AvgIpc) is 4.02. The largest absolute Gasteiger partial charge is 0.456 e. The van der Waals surface area contributed by atoms with Gasteiger partial charge in [-0.25, -0.2) is 0 Å². The minimum atomic E-state index is -0.173. The Balaban J connectivity index is 1.18. The molecule has 1 aliphatic carbocycles. The van der Waals surface area contributed by atoms with Gasteiger partial charge in [0.15, 0.2) is 5.58 Å². The van der Waals surface area contributed by atoms with Crippen LogP contribution in [0.3, 0.4) is 0 Å². The number of furan rings is 2. The van der Waals surface area contributed by atoms with Crippen molar-refractivity contribution in [3.8, 4) is 22.3 Å². The molecule has 278 valence electrons. The first-order valence-corrected chi connectivity index (χ1v) is 21.1. The number of anilines is 3. The predicted molar refractivity (Wildman–Crippen MR) is 249 cm³/mol. The van der Waals surface area contributed by atoms with Gasteiger partial charge in [0.25, 0.3) is 0 Å². The van der Waals surface area contributed by atoms with Gasteiger partial charge in [-0.3, -0.25) is 0 Å². The number of thiophene rings is 1. The van der Waals surface area contributed by atoms with E-state index in [2.05, 4.69) is 189 Å². The van der Waals surface area contributed by atoms with Gasteiger partial charge in [-0.1, -0.05) is 135 Å². The zero-order valence-corrected chi connectivity index (χ0v) is 33.2. The fourth-order valence-electron chi connectivity index (χ4n) is 10.1. The molecule has 0 N–H and O–H groups in total. The van der Waals surface area contributed by atoms with Crippen LogP contribution in [0.15, 0.2) is 185 Å². The molecule has 0 radical (unpaired) electrons. The van der Waals surface area contributed by atoms with E-state index >= 15 is 0 Å². The van der Waals surface area contributed by atoms with Crippen LogP contribution in [0, 0.1) is 0 Å². The van der Waals surface area contributed by atoms with Crippen LogP contribution in [0.5, 0.6) is 0 Å². The average molecular weight is 774 g/mol. The molecular weight excluding hydrogens is 739 g/mol. The fourth-order valence-corrected chi connectivity index (χ4v) is 11.3. The van der Waals surface area contributed by atoms with Crippen molar-refractivity contribution >= 4 is 103 Å². The SMILES string of the molecule is CC1(C)c2ccccc2-c2ccc(N(c3cccc4ccccc34)c3cc(-c4cccc5c4sc4ccccc45)cc4c3oc3ccc5oc6ccccc6c5c34)cc21. The third-order valence-corrected chi connectivity index (χ3v) is 14.1. The molecule has 3 nitrogen and oxygen atoms in total. The molecule has 13 rings (SSSR count). The van der Waals surface area contributed by atoms with Crippen LogP contribution in [-0.2, 0) is 5.41 Å². The molecule has 0 unspecified atom stereocenters. The monoisotopic (exact) mass is 773 g/mol. The highest BCUT2D eigenvalue weighted by Crippen LogP contribution is 2.53. The van der Waals surface area contributed by atoms with Crippen LogP contribution in [0.1, 0.15) is 25.0 Å². The summed E-state index contributed by atoms with van der Waals surface area (Å²) in [6.07, 6.45) is 0. The van der Waals surface area contributed by atoms with Crippen LogP contribution < -0.4 is 4.90 Å². The Kier molecular flexibility index (Phi) is 6.66. The molecule has 12 aromatic rings. The molecule has 3 aromatic heterocycles. The molecule has 0 atom stereocenters. The highest BCUT2D eigenvalue weighted by molar-refractivity contribution is 7.26. The van der Waals surface area contributed by atoms with Gasteiger partial charge in [0.05, 0.1) is 11.4 Å². The standard InChI is InChI=1S/C55H35NO2S/c1-55(2)43-21-8-5-16-37(43)38-26-25-34(31-44(38)55)56(45-22-11-14-32-13-3-4-15-35(32)45)46-30-33(36-19-12-20-40-39-17-7-10-24-50(39)59-54(36)40)29-42-52-49(58-53(42)46)28-27-48-51(52)41-18-6-9-23-47(41)57-48/h3-31H,1-2H3. The van der Waals surface area contributed by atoms with Gasteiger partial charge in [0.1, 0.15) is 16.7 Å². The van der Waals surface area contributed by atoms with E-state index in [9.17, 15) is 0 Å². The number of benzene rings is 9. The van der Waals surface area contributed by atoms with Crippen molar-refractivity contribution in [2.24, 2.45) is 0 Å². The van der Waals surface area contributed by atoms with E-state index in [4.69, 9.17) is 8.83 Å². The lowest BCUT2D eigenvalue weighted by atomic mass is 9.82. The molecule has 0 aliphatic heterocycles. The summed E-state index contributed by atoms with van der Waals surface area (Å²) in [6, 6.07) is 64.0. The summed E-state index contributed by atoms with van der Waals surface area (Å²) in [7, 11) is 0. The molecule has 0 fully saturated rings. The Morgan fingerprint density at radius 3 is 2.05 bits per heavy atom.